The lowest BCUT2D eigenvalue weighted by atomic mass is 10.1. The zero-order chi connectivity index (χ0) is 15.5. The van der Waals surface area contributed by atoms with Crippen LogP contribution in [0.5, 0.6) is 0 Å². The molecular formula is C18H29NO2. The molecule has 0 saturated heterocycles. The first-order valence-electron chi connectivity index (χ1n) is 7.71. The molecule has 0 aliphatic carbocycles. The number of aryl methyl sites for hydroxylation is 1. The first kappa shape index (κ1) is 17.9. The normalized spacial score (nSPS) is 12.6. The van der Waals surface area contributed by atoms with E-state index in [-0.39, 0.29) is 6.10 Å². The van der Waals surface area contributed by atoms with Gasteiger partial charge in [0, 0.05) is 33.4 Å². The molecule has 0 unspecified atom stereocenters. The fraction of sp³-hybridized carbons (Fsp3) is 0.556. The van der Waals surface area contributed by atoms with Crippen LogP contribution in [0.15, 0.2) is 36.9 Å². The van der Waals surface area contributed by atoms with Gasteiger partial charge in [-0.15, -0.1) is 6.58 Å². The quantitative estimate of drug-likeness (QED) is 0.502. The molecule has 3 nitrogen and oxygen atoms in total. The van der Waals surface area contributed by atoms with E-state index in [1.165, 1.54) is 11.1 Å². The summed E-state index contributed by atoms with van der Waals surface area (Å²) in [7, 11) is 1.73. The SMILES string of the molecule is C=CCC[C@@H](O)CN(CCCOC)Cc1ccc(C)cc1. The van der Waals surface area contributed by atoms with Crippen LogP contribution in [-0.2, 0) is 11.3 Å². The Labute approximate surface area is 129 Å². The minimum absolute atomic E-state index is 0.295. The molecule has 0 bridgehead atoms. The molecule has 21 heavy (non-hydrogen) atoms. The van der Waals surface area contributed by atoms with Gasteiger partial charge in [-0.2, -0.15) is 0 Å². The molecule has 0 amide bonds. The maximum Gasteiger partial charge on any atom is 0.0670 e. The number of hydrogen-bond donors (Lipinski definition) is 1. The summed E-state index contributed by atoms with van der Waals surface area (Å²) in [6.07, 6.45) is 4.18. The Balaban J connectivity index is 2.53. The van der Waals surface area contributed by atoms with E-state index in [2.05, 4.69) is 42.7 Å². The highest BCUT2D eigenvalue weighted by Crippen LogP contribution is 2.10. The summed E-state index contributed by atoms with van der Waals surface area (Å²) in [6.45, 7) is 9.07. The Morgan fingerprint density at radius 3 is 2.67 bits per heavy atom. The largest absolute Gasteiger partial charge is 0.392 e. The van der Waals surface area contributed by atoms with E-state index in [0.717, 1.165) is 39.0 Å². The molecule has 0 aliphatic rings. The topological polar surface area (TPSA) is 32.7 Å². The molecule has 0 aliphatic heterocycles. The second-order valence-corrected chi connectivity index (χ2v) is 5.59. The Morgan fingerprint density at radius 1 is 1.33 bits per heavy atom. The van der Waals surface area contributed by atoms with Gasteiger partial charge in [0.05, 0.1) is 6.10 Å². The average Bonchev–Trinajstić information content (AvgIpc) is 2.47. The zero-order valence-electron chi connectivity index (χ0n) is 13.4. The van der Waals surface area contributed by atoms with Crippen LogP contribution in [-0.4, -0.2) is 42.9 Å². The molecule has 1 rings (SSSR count). The van der Waals surface area contributed by atoms with E-state index in [0.29, 0.717) is 6.54 Å². The molecule has 0 spiro atoms. The highest BCUT2D eigenvalue weighted by atomic mass is 16.5. The number of nitrogens with zero attached hydrogens (tertiary/aromatic N) is 1. The highest BCUT2D eigenvalue weighted by molar-refractivity contribution is 5.21. The standard InChI is InChI=1S/C18H29NO2/c1-4-5-7-18(20)15-19(12-6-13-21-3)14-17-10-8-16(2)9-11-17/h4,8-11,18,20H,1,5-7,12-15H2,2-3H3/t18-/m1/s1. The van der Waals surface area contributed by atoms with Gasteiger partial charge in [0.25, 0.3) is 0 Å². The highest BCUT2D eigenvalue weighted by Gasteiger charge is 2.11. The van der Waals surface area contributed by atoms with Crippen LogP contribution < -0.4 is 0 Å². The maximum absolute atomic E-state index is 10.1. The molecule has 0 heterocycles. The number of hydrogen-bond acceptors (Lipinski definition) is 3. The van der Waals surface area contributed by atoms with E-state index >= 15 is 0 Å². The third-order valence-electron chi connectivity index (χ3n) is 3.52. The Hall–Kier alpha value is -1.16. The third kappa shape index (κ3) is 8.00. The molecule has 0 fully saturated rings. The minimum Gasteiger partial charge on any atom is -0.392 e. The van der Waals surface area contributed by atoms with Gasteiger partial charge < -0.3 is 9.84 Å². The number of aliphatic hydroxyl groups is 1. The van der Waals surface area contributed by atoms with Crippen molar-refractivity contribution < 1.29 is 9.84 Å². The lowest BCUT2D eigenvalue weighted by molar-refractivity contribution is 0.0942. The predicted molar refractivity (Wildman–Crippen MR) is 88.4 cm³/mol. The van der Waals surface area contributed by atoms with Gasteiger partial charge in [0.2, 0.25) is 0 Å². The van der Waals surface area contributed by atoms with Crippen LogP contribution in [0.1, 0.15) is 30.4 Å². The Bertz CT molecular complexity index is 389. The van der Waals surface area contributed by atoms with Crippen LogP contribution in [0.4, 0.5) is 0 Å². The van der Waals surface area contributed by atoms with Crippen molar-refractivity contribution in [2.75, 3.05) is 26.8 Å². The fourth-order valence-corrected chi connectivity index (χ4v) is 2.32. The summed E-state index contributed by atoms with van der Waals surface area (Å²) in [5, 5.41) is 10.1. The van der Waals surface area contributed by atoms with E-state index in [1.807, 2.05) is 6.08 Å². The average molecular weight is 291 g/mol. The summed E-state index contributed by atoms with van der Waals surface area (Å²) in [6, 6.07) is 8.59. The second kappa shape index (κ2) is 10.6. The Kier molecular flexibility index (Phi) is 8.99. The summed E-state index contributed by atoms with van der Waals surface area (Å²) in [5.74, 6) is 0. The Morgan fingerprint density at radius 2 is 2.05 bits per heavy atom. The first-order valence-corrected chi connectivity index (χ1v) is 7.71. The van der Waals surface area contributed by atoms with Crippen molar-refractivity contribution in [1.82, 2.24) is 4.90 Å². The van der Waals surface area contributed by atoms with Crippen molar-refractivity contribution in [1.29, 1.82) is 0 Å². The van der Waals surface area contributed by atoms with Gasteiger partial charge in [0.1, 0.15) is 0 Å². The fourth-order valence-electron chi connectivity index (χ4n) is 2.32. The van der Waals surface area contributed by atoms with Crippen molar-refractivity contribution in [3.8, 4) is 0 Å². The summed E-state index contributed by atoms with van der Waals surface area (Å²) in [5.41, 5.74) is 2.56. The van der Waals surface area contributed by atoms with E-state index in [1.54, 1.807) is 7.11 Å². The van der Waals surface area contributed by atoms with Gasteiger partial charge in [-0.3, -0.25) is 4.90 Å². The van der Waals surface area contributed by atoms with Crippen molar-refractivity contribution in [3.63, 3.8) is 0 Å². The summed E-state index contributed by atoms with van der Waals surface area (Å²) < 4.78 is 5.13. The van der Waals surface area contributed by atoms with Crippen molar-refractivity contribution in [2.24, 2.45) is 0 Å². The lowest BCUT2D eigenvalue weighted by Crippen LogP contribution is -2.33. The number of methoxy groups -OCH3 is 1. The van der Waals surface area contributed by atoms with Crippen LogP contribution in [0.2, 0.25) is 0 Å². The molecule has 1 aromatic rings. The zero-order valence-corrected chi connectivity index (χ0v) is 13.4. The molecule has 1 aromatic carbocycles. The molecule has 118 valence electrons. The molecule has 1 N–H and O–H groups in total. The van der Waals surface area contributed by atoms with Crippen LogP contribution in [0.3, 0.4) is 0 Å². The summed E-state index contributed by atoms with van der Waals surface area (Å²) >= 11 is 0. The second-order valence-electron chi connectivity index (χ2n) is 5.59. The number of rotatable bonds is 11. The number of allylic oxidation sites excluding steroid dienone is 1. The van der Waals surface area contributed by atoms with Gasteiger partial charge in [-0.25, -0.2) is 0 Å². The van der Waals surface area contributed by atoms with Crippen molar-refractivity contribution in [2.45, 2.75) is 38.8 Å². The van der Waals surface area contributed by atoms with E-state index in [9.17, 15) is 5.11 Å². The molecule has 0 saturated carbocycles. The van der Waals surface area contributed by atoms with E-state index in [4.69, 9.17) is 4.74 Å². The molecular weight excluding hydrogens is 262 g/mol. The summed E-state index contributed by atoms with van der Waals surface area (Å²) in [4.78, 5) is 2.30. The first-order chi connectivity index (χ1) is 10.2. The van der Waals surface area contributed by atoms with Gasteiger partial charge >= 0.3 is 0 Å². The molecule has 0 aromatic heterocycles. The number of benzene rings is 1. The van der Waals surface area contributed by atoms with Crippen molar-refractivity contribution in [3.05, 3.63) is 48.0 Å². The molecule has 1 atom stereocenters. The maximum atomic E-state index is 10.1. The number of ether oxygens (including phenoxy) is 1. The smallest absolute Gasteiger partial charge is 0.0670 e. The van der Waals surface area contributed by atoms with Crippen LogP contribution >= 0.6 is 0 Å². The van der Waals surface area contributed by atoms with Crippen molar-refractivity contribution >= 4 is 0 Å². The number of aliphatic hydroxyl groups excluding tert-OH is 1. The molecule has 0 radical (unpaired) electrons. The predicted octanol–water partition coefficient (Wildman–Crippen LogP) is 3.16. The van der Waals surface area contributed by atoms with Gasteiger partial charge in [-0.1, -0.05) is 35.9 Å². The molecule has 3 heteroatoms. The third-order valence-corrected chi connectivity index (χ3v) is 3.52. The monoisotopic (exact) mass is 291 g/mol. The van der Waals surface area contributed by atoms with Crippen LogP contribution in [0, 0.1) is 6.92 Å². The van der Waals surface area contributed by atoms with E-state index < -0.39 is 0 Å². The van der Waals surface area contributed by atoms with Gasteiger partial charge in [-0.05, 0) is 31.7 Å². The minimum atomic E-state index is -0.295. The van der Waals surface area contributed by atoms with Crippen LogP contribution in [0.25, 0.3) is 0 Å². The lowest BCUT2D eigenvalue weighted by Gasteiger charge is -2.25. The van der Waals surface area contributed by atoms with Gasteiger partial charge in [0.15, 0.2) is 0 Å².